The van der Waals surface area contributed by atoms with E-state index in [4.69, 9.17) is 27.9 Å². The predicted octanol–water partition coefficient (Wildman–Crippen LogP) is 4.91. The van der Waals surface area contributed by atoms with Crippen molar-refractivity contribution in [3.05, 3.63) is 45.6 Å². The van der Waals surface area contributed by atoms with Crippen LogP contribution in [0.15, 0.2) is 24.4 Å². The van der Waals surface area contributed by atoms with Crippen molar-refractivity contribution in [2.75, 3.05) is 5.32 Å². The average molecular weight is 385 g/mol. The number of H-pyrrole nitrogens is 1. The molecule has 2 aromatic rings. The summed E-state index contributed by atoms with van der Waals surface area (Å²) in [6.45, 7) is 7.90. The smallest absolute Gasteiger partial charge is 0.413 e. The first kappa shape index (κ1) is 19.6. The third kappa shape index (κ3) is 5.92. The fourth-order valence-corrected chi connectivity index (χ4v) is 2.76. The minimum atomic E-state index is -0.567. The number of nitrogens with one attached hydrogen (secondary N) is 3. The molecule has 2 rings (SSSR count). The predicted molar refractivity (Wildman–Crippen MR) is 100 cm³/mol. The molecule has 1 aromatic carbocycles. The lowest BCUT2D eigenvalue weighted by Gasteiger charge is -2.20. The van der Waals surface area contributed by atoms with E-state index in [-0.39, 0.29) is 6.04 Å². The van der Waals surface area contributed by atoms with Crippen LogP contribution >= 0.6 is 23.2 Å². The zero-order valence-corrected chi connectivity index (χ0v) is 16.1. The SMILES string of the molecule is CC(NCc1cn[nH]c1NC(=O)OC(C)(C)C)c1ccc(Cl)cc1Cl. The van der Waals surface area contributed by atoms with Gasteiger partial charge >= 0.3 is 6.09 Å². The second kappa shape index (κ2) is 8.08. The van der Waals surface area contributed by atoms with Crippen LogP contribution in [0.25, 0.3) is 0 Å². The molecule has 0 saturated heterocycles. The number of anilines is 1. The van der Waals surface area contributed by atoms with E-state index in [1.165, 1.54) is 0 Å². The number of carbonyl (C=O) groups excluding carboxylic acids is 1. The van der Waals surface area contributed by atoms with Gasteiger partial charge in [-0.15, -0.1) is 0 Å². The number of carbonyl (C=O) groups is 1. The Balaban J connectivity index is 1.98. The van der Waals surface area contributed by atoms with Gasteiger partial charge in [-0.05, 0) is 45.4 Å². The maximum Gasteiger partial charge on any atom is 0.413 e. The van der Waals surface area contributed by atoms with Crippen LogP contribution in [0.5, 0.6) is 0 Å². The zero-order valence-electron chi connectivity index (χ0n) is 14.6. The number of rotatable bonds is 5. The molecule has 1 unspecified atom stereocenters. The molecule has 25 heavy (non-hydrogen) atoms. The minimum Gasteiger partial charge on any atom is -0.444 e. The summed E-state index contributed by atoms with van der Waals surface area (Å²) in [5.41, 5.74) is 1.18. The van der Waals surface area contributed by atoms with Gasteiger partial charge in [-0.1, -0.05) is 29.3 Å². The number of hydrogen-bond donors (Lipinski definition) is 3. The molecule has 0 bridgehead atoms. The van der Waals surface area contributed by atoms with Crippen molar-refractivity contribution in [2.45, 2.75) is 45.9 Å². The van der Waals surface area contributed by atoms with Gasteiger partial charge in [0.05, 0.1) is 6.20 Å². The Morgan fingerprint density at radius 1 is 1.36 bits per heavy atom. The number of aromatic amines is 1. The van der Waals surface area contributed by atoms with E-state index in [9.17, 15) is 4.79 Å². The summed E-state index contributed by atoms with van der Waals surface area (Å²) in [6, 6.07) is 5.39. The Labute approximate surface area is 157 Å². The van der Waals surface area contributed by atoms with Gasteiger partial charge in [0, 0.05) is 28.2 Å². The van der Waals surface area contributed by atoms with Crippen LogP contribution in [0.2, 0.25) is 10.0 Å². The maximum absolute atomic E-state index is 11.9. The van der Waals surface area contributed by atoms with E-state index in [0.29, 0.717) is 22.4 Å². The fraction of sp³-hybridized carbons (Fsp3) is 0.412. The van der Waals surface area contributed by atoms with Gasteiger partial charge in [0.15, 0.2) is 0 Å². The van der Waals surface area contributed by atoms with E-state index < -0.39 is 11.7 Å². The third-order valence-corrected chi connectivity index (χ3v) is 3.93. The van der Waals surface area contributed by atoms with Crippen LogP contribution < -0.4 is 10.6 Å². The van der Waals surface area contributed by atoms with Crippen molar-refractivity contribution < 1.29 is 9.53 Å². The lowest BCUT2D eigenvalue weighted by Crippen LogP contribution is -2.28. The monoisotopic (exact) mass is 384 g/mol. The first-order valence-corrected chi connectivity index (χ1v) is 8.62. The van der Waals surface area contributed by atoms with Crippen molar-refractivity contribution in [3.63, 3.8) is 0 Å². The largest absolute Gasteiger partial charge is 0.444 e. The first-order chi connectivity index (χ1) is 11.7. The average Bonchev–Trinajstić information content (AvgIpc) is 2.89. The van der Waals surface area contributed by atoms with Gasteiger partial charge in [0.1, 0.15) is 11.4 Å². The Morgan fingerprint density at radius 3 is 2.72 bits per heavy atom. The molecule has 1 aromatic heterocycles. The molecule has 0 aliphatic rings. The number of ether oxygens (including phenoxy) is 1. The zero-order chi connectivity index (χ0) is 18.6. The summed E-state index contributed by atoms with van der Waals surface area (Å²) in [7, 11) is 0. The van der Waals surface area contributed by atoms with Gasteiger partial charge in [0.2, 0.25) is 0 Å². The molecule has 3 N–H and O–H groups in total. The lowest BCUT2D eigenvalue weighted by molar-refractivity contribution is 0.0635. The van der Waals surface area contributed by atoms with Crippen LogP contribution in [-0.4, -0.2) is 21.9 Å². The molecule has 0 aliphatic heterocycles. The molecule has 0 fully saturated rings. The van der Waals surface area contributed by atoms with E-state index in [1.54, 1.807) is 39.1 Å². The highest BCUT2D eigenvalue weighted by Gasteiger charge is 2.18. The lowest BCUT2D eigenvalue weighted by atomic mass is 10.1. The number of nitrogens with zero attached hydrogens (tertiary/aromatic N) is 1. The molecular weight excluding hydrogens is 363 g/mol. The molecular formula is C17H22Cl2N4O2. The standard InChI is InChI=1S/C17H22Cl2N4O2/c1-10(13-6-5-12(18)7-14(13)19)20-8-11-9-21-23-15(11)22-16(24)25-17(2,3)4/h5-7,9-10,20H,8H2,1-4H3,(H2,21,22,23,24). The van der Waals surface area contributed by atoms with Gasteiger partial charge in [-0.3, -0.25) is 10.4 Å². The Kier molecular flexibility index (Phi) is 6.32. The molecule has 1 heterocycles. The molecule has 0 radical (unpaired) electrons. The summed E-state index contributed by atoms with van der Waals surface area (Å²) in [5, 5.41) is 13.9. The molecule has 0 aliphatic carbocycles. The van der Waals surface area contributed by atoms with E-state index >= 15 is 0 Å². The van der Waals surface area contributed by atoms with Gasteiger partial charge < -0.3 is 10.1 Å². The maximum atomic E-state index is 11.9. The van der Waals surface area contributed by atoms with Crippen LogP contribution in [0.1, 0.15) is 44.9 Å². The summed E-state index contributed by atoms with van der Waals surface area (Å²) in [5.74, 6) is 0.496. The Hall–Kier alpha value is -1.76. The second-order valence-electron chi connectivity index (χ2n) is 6.67. The van der Waals surface area contributed by atoms with Crippen LogP contribution in [0.4, 0.5) is 10.6 Å². The Bertz CT molecular complexity index is 740. The van der Waals surface area contributed by atoms with Crippen molar-refractivity contribution in [3.8, 4) is 0 Å². The first-order valence-electron chi connectivity index (χ1n) is 7.86. The molecule has 8 heteroatoms. The van der Waals surface area contributed by atoms with Crippen molar-refractivity contribution in [1.29, 1.82) is 0 Å². The highest BCUT2D eigenvalue weighted by Crippen LogP contribution is 2.26. The minimum absolute atomic E-state index is 0.00552. The summed E-state index contributed by atoms with van der Waals surface area (Å²) < 4.78 is 5.24. The third-order valence-electron chi connectivity index (χ3n) is 3.37. The number of amides is 1. The molecule has 0 saturated carbocycles. The quantitative estimate of drug-likeness (QED) is 0.683. The number of hydrogen-bond acceptors (Lipinski definition) is 4. The van der Waals surface area contributed by atoms with Crippen molar-refractivity contribution >= 4 is 35.1 Å². The summed E-state index contributed by atoms with van der Waals surface area (Å²) in [4.78, 5) is 11.9. The molecule has 1 atom stereocenters. The van der Waals surface area contributed by atoms with Gasteiger partial charge in [-0.2, -0.15) is 5.10 Å². The van der Waals surface area contributed by atoms with Crippen LogP contribution in [0, 0.1) is 0 Å². The number of halogens is 2. The topological polar surface area (TPSA) is 79.0 Å². The molecule has 0 spiro atoms. The number of benzene rings is 1. The van der Waals surface area contributed by atoms with Gasteiger partial charge in [-0.25, -0.2) is 4.79 Å². The van der Waals surface area contributed by atoms with E-state index in [2.05, 4.69) is 20.8 Å². The molecule has 136 valence electrons. The molecule has 6 nitrogen and oxygen atoms in total. The van der Waals surface area contributed by atoms with Crippen molar-refractivity contribution in [2.24, 2.45) is 0 Å². The van der Waals surface area contributed by atoms with Gasteiger partial charge in [0.25, 0.3) is 0 Å². The molecule has 1 amide bonds. The van der Waals surface area contributed by atoms with Crippen LogP contribution in [-0.2, 0) is 11.3 Å². The summed E-state index contributed by atoms with van der Waals surface area (Å²) >= 11 is 12.2. The van der Waals surface area contributed by atoms with E-state index in [1.807, 2.05) is 13.0 Å². The van der Waals surface area contributed by atoms with E-state index in [0.717, 1.165) is 11.1 Å². The second-order valence-corrected chi connectivity index (χ2v) is 7.51. The fourth-order valence-electron chi connectivity index (χ4n) is 2.18. The summed E-state index contributed by atoms with van der Waals surface area (Å²) in [6.07, 6.45) is 1.11. The highest BCUT2D eigenvalue weighted by atomic mass is 35.5. The normalized spacial score (nSPS) is 12.7. The van der Waals surface area contributed by atoms with Crippen molar-refractivity contribution in [1.82, 2.24) is 15.5 Å². The Morgan fingerprint density at radius 2 is 2.08 bits per heavy atom. The number of aromatic nitrogens is 2. The highest BCUT2D eigenvalue weighted by molar-refractivity contribution is 6.35. The van der Waals surface area contributed by atoms with Crippen LogP contribution in [0.3, 0.4) is 0 Å².